The number of rotatable bonds is 7. The Morgan fingerprint density at radius 3 is 2.09 bits per heavy atom. The van der Waals surface area contributed by atoms with E-state index in [4.69, 9.17) is 14.1 Å². The zero-order valence-electron chi connectivity index (χ0n) is 23.6. The Kier molecular flexibility index (Phi) is 9.14. The van der Waals surface area contributed by atoms with Crippen molar-refractivity contribution in [1.82, 2.24) is 4.98 Å². The lowest BCUT2D eigenvalue weighted by Gasteiger charge is -2.40. The summed E-state index contributed by atoms with van der Waals surface area (Å²) in [7, 11) is -2.03. The van der Waals surface area contributed by atoms with Gasteiger partial charge in [0.2, 0.25) is 0 Å². The van der Waals surface area contributed by atoms with Crippen LogP contribution in [0.2, 0.25) is 18.1 Å². The second-order valence-corrected chi connectivity index (χ2v) is 15.7. The van der Waals surface area contributed by atoms with Crippen molar-refractivity contribution < 1.29 is 14.0 Å². The maximum atomic E-state index is 12.9. The molecule has 0 fully saturated rings. The first-order valence-corrected chi connectivity index (χ1v) is 15.6. The molecule has 1 aromatic carbocycles. The van der Waals surface area contributed by atoms with Gasteiger partial charge in [0, 0.05) is 11.1 Å². The standard InChI is InChI=1S/C30H43NO3Si/c1-12-22-16-15-17-23(13-2)27(22)25-20-24(26(21(4)31-25)28(32)33-14-3)18-19-30(8,9)34-35(10,11)29(5,6)7/h15-17,20H,12-14H2,1-11H3. The van der Waals surface area contributed by atoms with Crippen LogP contribution in [-0.2, 0) is 22.0 Å². The highest BCUT2D eigenvalue weighted by Crippen LogP contribution is 2.39. The molecule has 0 saturated carbocycles. The van der Waals surface area contributed by atoms with E-state index < -0.39 is 19.9 Å². The largest absolute Gasteiger partial charge is 0.462 e. The number of hydrogen-bond donors (Lipinski definition) is 0. The van der Waals surface area contributed by atoms with E-state index in [1.807, 2.05) is 33.8 Å². The van der Waals surface area contributed by atoms with Crippen molar-refractivity contribution in [3.63, 3.8) is 0 Å². The Morgan fingerprint density at radius 1 is 1.03 bits per heavy atom. The number of esters is 1. The van der Waals surface area contributed by atoms with Crippen LogP contribution in [0.4, 0.5) is 0 Å². The van der Waals surface area contributed by atoms with Crippen LogP contribution in [0.5, 0.6) is 0 Å². The Hall–Kier alpha value is -2.42. The van der Waals surface area contributed by atoms with Gasteiger partial charge in [0.25, 0.3) is 0 Å². The van der Waals surface area contributed by atoms with Crippen molar-refractivity contribution in [3.8, 4) is 23.1 Å². The molecule has 190 valence electrons. The van der Waals surface area contributed by atoms with Crippen LogP contribution in [-0.4, -0.2) is 31.5 Å². The quantitative estimate of drug-likeness (QED) is 0.227. The molecular weight excluding hydrogens is 450 g/mol. The van der Waals surface area contributed by atoms with E-state index in [9.17, 15) is 4.79 Å². The summed E-state index contributed by atoms with van der Waals surface area (Å²) in [6, 6.07) is 8.34. The van der Waals surface area contributed by atoms with E-state index in [0.717, 1.165) is 24.1 Å². The Balaban J connectivity index is 2.72. The minimum atomic E-state index is -2.03. The van der Waals surface area contributed by atoms with Gasteiger partial charge in [-0.1, -0.05) is 64.7 Å². The summed E-state index contributed by atoms with van der Waals surface area (Å²) in [6.45, 7) is 23.4. The van der Waals surface area contributed by atoms with Gasteiger partial charge in [0.05, 0.1) is 23.6 Å². The number of aromatic nitrogens is 1. The molecule has 0 aliphatic rings. The Labute approximate surface area is 214 Å². The summed E-state index contributed by atoms with van der Waals surface area (Å²) in [5, 5.41) is 0.0723. The highest BCUT2D eigenvalue weighted by molar-refractivity contribution is 6.74. The summed E-state index contributed by atoms with van der Waals surface area (Å²) in [5.41, 5.74) is 5.47. The number of carbonyl (C=O) groups is 1. The van der Waals surface area contributed by atoms with E-state index in [1.54, 1.807) is 0 Å². The molecule has 0 bridgehead atoms. The summed E-state index contributed by atoms with van der Waals surface area (Å²) >= 11 is 0. The molecule has 0 aliphatic heterocycles. The zero-order chi connectivity index (χ0) is 26.6. The fourth-order valence-electron chi connectivity index (χ4n) is 3.97. The predicted molar refractivity (Wildman–Crippen MR) is 148 cm³/mol. The molecule has 0 amide bonds. The average molecular weight is 494 g/mol. The van der Waals surface area contributed by atoms with Crippen LogP contribution in [0, 0.1) is 18.8 Å². The molecule has 0 saturated heterocycles. The smallest absolute Gasteiger partial charge is 0.341 e. The van der Waals surface area contributed by atoms with Gasteiger partial charge in [-0.25, -0.2) is 4.79 Å². The molecule has 35 heavy (non-hydrogen) atoms. The molecule has 0 unspecified atom stereocenters. The number of ether oxygens (including phenoxy) is 1. The first kappa shape index (κ1) is 28.8. The molecule has 5 heteroatoms. The van der Waals surface area contributed by atoms with Gasteiger partial charge in [-0.15, -0.1) is 0 Å². The number of nitrogens with zero attached hydrogens (tertiary/aromatic N) is 1. The van der Waals surface area contributed by atoms with Crippen molar-refractivity contribution in [2.24, 2.45) is 0 Å². The predicted octanol–water partition coefficient (Wildman–Crippen LogP) is 7.51. The molecule has 1 heterocycles. The van der Waals surface area contributed by atoms with Crippen molar-refractivity contribution in [3.05, 3.63) is 52.2 Å². The number of hydrogen-bond acceptors (Lipinski definition) is 4. The van der Waals surface area contributed by atoms with Crippen molar-refractivity contribution >= 4 is 14.3 Å². The molecule has 4 nitrogen and oxygen atoms in total. The van der Waals surface area contributed by atoms with Crippen LogP contribution in [0.25, 0.3) is 11.3 Å². The lowest BCUT2D eigenvalue weighted by atomic mass is 9.93. The average Bonchev–Trinajstić information content (AvgIpc) is 2.75. The molecule has 2 rings (SSSR count). The van der Waals surface area contributed by atoms with Gasteiger partial charge in [0.1, 0.15) is 5.60 Å². The molecule has 0 N–H and O–H groups in total. The number of pyridine rings is 1. The maximum Gasteiger partial charge on any atom is 0.341 e. The monoisotopic (exact) mass is 493 g/mol. The minimum absolute atomic E-state index is 0.0723. The fraction of sp³-hybridized carbons (Fsp3) is 0.533. The van der Waals surface area contributed by atoms with Gasteiger partial charge in [-0.2, -0.15) is 0 Å². The summed E-state index contributed by atoms with van der Waals surface area (Å²) in [6.07, 6.45) is 1.80. The number of aryl methyl sites for hydroxylation is 3. The van der Waals surface area contributed by atoms with E-state index in [-0.39, 0.29) is 5.04 Å². The molecule has 1 aromatic heterocycles. The van der Waals surface area contributed by atoms with Gasteiger partial charge in [-0.05, 0) is 75.9 Å². The van der Waals surface area contributed by atoms with E-state index in [0.29, 0.717) is 23.4 Å². The third kappa shape index (κ3) is 6.83. The molecule has 2 aromatic rings. The van der Waals surface area contributed by atoms with Gasteiger partial charge in [0.15, 0.2) is 8.32 Å². The third-order valence-electron chi connectivity index (χ3n) is 6.75. The minimum Gasteiger partial charge on any atom is -0.462 e. The topological polar surface area (TPSA) is 48.4 Å². The molecule has 0 aliphatic carbocycles. The SMILES string of the molecule is CCOC(=O)c1c(C#CC(C)(C)O[Si](C)(C)C(C)(C)C)cc(-c2c(CC)cccc2CC)nc1C. The molecule has 0 atom stereocenters. The van der Waals surface area contributed by atoms with Crippen molar-refractivity contribution in [1.29, 1.82) is 0 Å². The van der Waals surface area contributed by atoms with Gasteiger partial charge < -0.3 is 9.16 Å². The molecular formula is C30H43NO3Si. The summed E-state index contributed by atoms with van der Waals surface area (Å²) in [5.74, 6) is 6.24. The lowest BCUT2D eigenvalue weighted by Crippen LogP contribution is -2.47. The van der Waals surface area contributed by atoms with E-state index >= 15 is 0 Å². The summed E-state index contributed by atoms with van der Waals surface area (Å²) in [4.78, 5) is 17.8. The second kappa shape index (κ2) is 11.1. The summed E-state index contributed by atoms with van der Waals surface area (Å²) < 4.78 is 12.0. The highest BCUT2D eigenvalue weighted by atomic mass is 28.4. The third-order valence-corrected chi connectivity index (χ3v) is 11.4. The van der Waals surface area contributed by atoms with Gasteiger partial charge >= 0.3 is 5.97 Å². The first-order chi connectivity index (χ1) is 16.2. The van der Waals surface area contributed by atoms with Crippen LogP contribution < -0.4 is 0 Å². The van der Waals surface area contributed by atoms with E-state index in [1.165, 1.54) is 11.1 Å². The number of carbonyl (C=O) groups excluding carboxylic acids is 1. The second-order valence-electron chi connectivity index (χ2n) is 11.0. The molecule has 0 spiro atoms. The Morgan fingerprint density at radius 2 is 1.60 bits per heavy atom. The van der Waals surface area contributed by atoms with Crippen LogP contribution in [0.1, 0.15) is 88.1 Å². The lowest BCUT2D eigenvalue weighted by molar-refractivity contribution is 0.0524. The highest BCUT2D eigenvalue weighted by Gasteiger charge is 2.41. The van der Waals surface area contributed by atoms with Crippen molar-refractivity contribution in [2.45, 2.75) is 98.9 Å². The maximum absolute atomic E-state index is 12.9. The van der Waals surface area contributed by atoms with E-state index in [2.05, 4.69) is 77.8 Å². The Bertz CT molecular complexity index is 1110. The van der Waals surface area contributed by atoms with Crippen LogP contribution in [0.3, 0.4) is 0 Å². The van der Waals surface area contributed by atoms with Gasteiger partial charge in [-0.3, -0.25) is 4.98 Å². The van der Waals surface area contributed by atoms with Crippen LogP contribution in [0.15, 0.2) is 24.3 Å². The first-order valence-electron chi connectivity index (χ1n) is 12.7. The number of benzene rings is 1. The van der Waals surface area contributed by atoms with Crippen LogP contribution >= 0.6 is 0 Å². The van der Waals surface area contributed by atoms with Crippen molar-refractivity contribution in [2.75, 3.05) is 6.61 Å². The molecule has 0 radical (unpaired) electrons. The normalized spacial score (nSPS) is 12.2. The fourth-order valence-corrected chi connectivity index (χ4v) is 5.60. The zero-order valence-corrected chi connectivity index (χ0v) is 24.6.